The number of ether oxygens (including phenoxy) is 1. The lowest BCUT2D eigenvalue weighted by molar-refractivity contribution is 0.162. The summed E-state index contributed by atoms with van der Waals surface area (Å²) in [5.41, 5.74) is 0. The van der Waals surface area contributed by atoms with E-state index in [0.717, 1.165) is 13.2 Å². The monoisotopic (exact) mass is 148 g/mol. The lowest BCUT2D eigenvalue weighted by Crippen LogP contribution is -1.84. The number of halogens is 3. The number of rotatable bonds is 2. The number of hydrogen-bond donors (Lipinski definition) is 0. The van der Waals surface area contributed by atoms with Crippen LogP contribution in [0.4, 0.5) is 14.1 Å². The first-order chi connectivity index (χ1) is 2.41. The summed E-state index contributed by atoms with van der Waals surface area (Å²) < 4.78 is 4.83. The molecule has 62 valence electrons. The minimum atomic E-state index is 0. The fraction of sp³-hybridized carbons (Fsp3) is 1.00. The lowest BCUT2D eigenvalue weighted by atomic mass is 10.8. The van der Waals surface area contributed by atoms with E-state index < -0.39 is 0 Å². The zero-order valence-electron chi connectivity index (χ0n) is 5.05. The third-order valence-electron chi connectivity index (χ3n) is 0.408. The van der Waals surface area contributed by atoms with Crippen LogP contribution in [-0.2, 0) is 4.74 Å². The molecule has 0 amide bonds. The van der Waals surface area contributed by atoms with Crippen LogP contribution in [0.25, 0.3) is 0 Å². The molecule has 0 aliphatic rings. The first-order valence-corrected chi connectivity index (χ1v) is 1.99. The lowest BCUT2D eigenvalue weighted by Gasteiger charge is -1.86. The predicted octanol–water partition coefficient (Wildman–Crippen LogP) is 0.316. The zero-order valence-corrected chi connectivity index (χ0v) is 5.05. The van der Waals surface area contributed by atoms with Crippen molar-refractivity contribution in [3.8, 4) is 0 Å². The van der Waals surface area contributed by atoms with E-state index in [0.29, 0.717) is 0 Å². The Balaban J connectivity index is -0.0000000133. The van der Waals surface area contributed by atoms with Crippen molar-refractivity contribution in [1.82, 2.24) is 0 Å². The molecule has 0 atom stereocenters. The fourth-order valence-corrected chi connectivity index (χ4v) is 0.204. The van der Waals surface area contributed by atoms with Crippen molar-refractivity contribution in [2.24, 2.45) is 0 Å². The van der Waals surface area contributed by atoms with E-state index in [9.17, 15) is 0 Å². The smallest absolute Gasteiger partial charge is 0.0814 e. The molecule has 0 fully saturated rings. The van der Waals surface area contributed by atoms with Crippen molar-refractivity contribution in [2.45, 2.75) is 13.8 Å². The van der Waals surface area contributed by atoms with Crippen molar-refractivity contribution in [1.29, 1.82) is 0 Å². The fourth-order valence-electron chi connectivity index (χ4n) is 0.204. The van der Waals surface area contributed by atoms with Gasteiger partial charge in [-0.05, 0) is 13.8 Å². The van der Waals surface area contributed by atoms with Gasteiger partial charge in [0.25, 0.3) is 0 Å². The molecule has 0 unspecified atom stereocenters. The highest BCUT2D eigenvalue weighted by Crippen LogP contribution is 1.64. The molecule has 0 aromatic rings. The van der Waals surface area contributed by atoms with Gasteiger partial charge >= 0.3 is 0 Å². The first kappa shape index (κ1) is 37.0. The molecular weight excluding hydrogens is 132 g/mol. The molecule has 1 nitrogen and oxygen atoms in total. The van der Waals surface area contributed by atoms with Crippen LogP contribution in [0.15, 0.2) is 0 Å². The maximum Gasteiger partial charge on any atom is 0.0814 e. The summed E-state index contributed by atoms with van der Waals surface area (Å²) in [6.07, 6.45) is 0. The van der Waals surface area contributed by atoms with Crippen LogP contribution in [-0.4, -0.2) is 21.6 Å². The van der Waals surface area contributed by atoms with Gasteiger partial charge in [0, 0.05) is 13.2 Å². The predicted molar refractivity (Wildman–Crippen MR) is 39.6 cm³/mol. The normalized spacial score (nSPS) is 4.67. The van der Waals surface area contributed by atoms with Crippen molar-refractivity contribution >= 4 is 8.41 Å². The maximum absolute atomic E-state index is 4.83. The van der Waals surface area contributed by atoms with Crippen molar-refractivity contribution in [3.05, 3.63) is 0 Å². The molecule has 9 heavy (non-hydrogen) atoms. The van der Waals surface area contributed by atoms with Gasteiger partial charge in [-0.2, -0.15) is 0 Å². The van der Waals surface area contributed by atoms with Gasteiger partial charge in [0.05, 0.1) is 8.41 Å². The van der Waals surface area contributed by atoms with Crippen LogP contribution in [0.5, 0.6) is 0 Å². The molecule has 0 aliphatic carbocycles. The second-order valence-corrected chi connectivity index (χ2v) is 0.781. The van der Waals surface area contributed by atoms with Gasteiger partial charge in [-0.1, -0.05) is 0 Å². The molecule has 0 aromatic carbocycles. The SMILES string of the molecule is B.CCOCC.F.F.F. The Bertz CT molecular complexity index is 23.3. The molecule has 0 aliphatic heterocycles. The Kier molecular flexibility index (Phi) is 188. The Hall–Kier alpha value is -0.185. The molecule has 0 saturated carbocycles. The second kappa shape index (κ2) is 45.8. The molecular formula is C4H16BF3O. The minimum Gasteiger partial charge on any atom is -0.382 e. The van der Waals surface area contributed by atoms with Gasteiger partial charge in [-0.25, -0.2) is 0 Å². The van der Waals surface area contributed by atoms with Crippen LogP contribution in [0.3, 0.4) is 0 Å². The highest BCUT2D eigenvalue weighted by atomic mass is 19.0. The summed E-state index contributed by atoms with van der Waals surface area (Å²) >= 11 is 0. The summed E-state index contributed by atoms with van der Waals surface area (Å²) in [7, 11) is 0. The highest BCUT2D eigenvalue weighted by Gasteiger charge is 1.64. The molecule has 0 bridgehead atoms. The summed E-state index contributed by atoms with van der Waals surface area (Å²) in [5.74, 6) is 0. The van der Waals surface area contributed by atoms with E-state index in [1.165, 1.54) is 0 Å². The molecule has 5 heteroatoms. The quantitative estimate of drug-likeness (QED) is 0.512. The van der Waals surface area contributed by atoms with E-state index in [-0.39, 0.29) is 22.5 Å². The Morgan fingerprint density at radius 3 is 1.11 bits per heavy atom. The van der Waals surface area contributed by atoms with E-state index >= 15 is 0 Å². The van der Waals surface area contributed by atoms with Crippen LogP contribution < -0.4 is 0 Å². The van der Waals surface area contributed by atoms with E-state index in [1.807, 2.05) is 13.8 Å². The molecule has 0 aromatic heterocycles. The minimum absolute atomic E-state index is 0. The standard InChI is InChI=1S/C4H10O.BH3.3FH/c1-3-5-4-2;;;;/h3-4H2,1-2H3;1H3;3*1H. The summed E-state index contributed by atoms with van der Waals surface area (Å²) in [5, 5.41) is 0. The van der Waals surface area contributed by atoms with Crippen LogP contribution in [0, 0.1) is 0 Å². The largest absolute Gasteiger partial charge is 0.382 e. The molecule has 0 spiro atoms. The van der Waals surface area contributed by atoms with Crippen LogP contribution in [0.1, 0.15) is 13.8 Å². The van der Waals surface area contributed by atoms with Gasteiger partial charge in [0.2, 0.25) is 0 Å². The van der Waals surface area contributed by atoms with Gasteiger partial charge in [-0.3, -0.25) is 14.1 Å². The second-order valence-electron chi connectivity index (χ2n) is 0.781. The highest BCUT2D eigenvalue weighted by molar-refractivity contribution is 5.75. The van der Waals surface area contributed by atoms with Crippen molar-refractivity contribution < 1.29 is 18.9 Å². The Labute approximate surface area is 55.5 Å². The van der Waals surface area contributed by atoms with Gasteiger partial charge < -0.3 is 4.74 Å². The zero-order chi connectivity index (χ0) is 4.12. The van der Waals surface area contributed by atoms with E-state index in [2.05, 4.69) is 0 Å². The van der Waals surface area contributed by atoms with Crippen LogP contribution in [0.2, 0.25) is 0 Å². The van der Waals surface area contributed by atoms with E-state index in [1.54, 1.807) is 0 Å². The number of hydrogen-bond acceptors (Lipinski definition) is 1. The average Bonchev–Trinajstić information content (AvgIpc) is 1.41. The molecule has 0 N–H and O–H groups in total. The van der Waals surface area contributed by atoms with Gasteiger partial charge in [0.15, 0.2) is 0 Å². The third kappa shape index (κ3) is 80.2. The van der Waals surface area contributed by atoms with Gasteiger partial charge in [-0.15, -0.1) is 0 Å². The summed E-state index contributed by atoms with van der Waals surface area (Å²) in [4.78, 5) is 0. The molecule has 0 radical (unpaired) electrons. The first-order valence-electron chi connectivity index (χ1n) is 1.99. The maximum atomic E-state index is 4.83. The molecule has 0 heterocycles. The average molecular weight is 148 g/mol. The molecule has 0 saturated heterocycles. The summed E-state index contributed by atoms with van der Waals surface area (Å²) in [6, 6.07) is 0. The van der Waals surface area contributed by atoms with E-state index in [4.69, 9.17) is 4.74 Å². The Morgan fingerprint density at radius 1 is 0.889 bits per heavy atom. The molecule has 0 rings (SSSR count). The van der Waals surface area contributed by atoms with Crippen molar-refractivity contribution in [3.63, 3.8) is 0 Å². The van der Waals surface area contributed by atoms with Crippen LogP contribution >= 0.6 is 0 Å². The van der Waals surface area contributed by atoms with Gasteiger partial charge in [0.1, 0.15) is 0 Å². The Morgan fingerprint density at radius 2 is 1.11 bits per heavy atom. The third-order valence-corrected chi connectivity index (χ3v) is 0.408. The van der Waals surface area contributed by atoms with Crippen molar-refractivity contribution in [2.75, 3.05) is 13.2 Å². The topological polar surface area (TPSA) is 9.23 Å². The summed E-state index contributed by atoms with van der Waals surface area (Å²) in [6.45, 7) is 5.67.